The van der Waals surface area contributed by atoms with Gasteiger partial charge in [-0.3, -0.25) is 0 Å². The van der Waals surface area contributed by atoms with Gasteiger partial charge in [0.1, 0.15) is 0 Å². The van der Waals surface area contributed by atoms with Crippen LogP contribution >= 0.6 is 0 Å². The number of hydrogen-bond donors (Lipinski definition) is 0. The van der Waals surface area contributed by atoms with Gasteiger partial charge in [0, 0.05) is 66.4 Å². The summed E-state index contributed by atoms with van der Waals surface area (Å²) in [7, 11) is 0. The van der Waals surface area contributed by atoms with E-state index in [-0.39, 0.29) is 24.2 Å². The van der Waals surface area contributed by atoms with E-state index in [4.69, 9.17) is 0 Å². The standard InChI is InChI=1S/2C11H9N5.6C2H6.CH4.Co/c2*1-4-10(15-8-2-6-12-15)14-11(5-1)16-9-3-7-13-16;6*1-2;;/h2*1-9H;6*1-2H3;1H4;. The molecule has 6 aromatic rings. The van der Waals surface area contributed by atoms with E-state index in [1.807, 2.05) is 169 Å². The fourth-order valence-electron chi connectivity index (χ4n) is 2.95. The van der Waals surface area contributed by atoms with E-state index < -0.39 is 0 Å². The molecule has 0 N–H and O–H groups in total. The van der Waals surface area contributed by atoms with Crippen molar-refractivity contribution < 1.29 is 16.8 Å². The largest absolute Gasteiger partial charge is 0.223 e. The van der Waals surface area contributed by atoms with Crippen molar-refractivity contribution in [3.63, 3.8) is 0 Å². The van der Waals surface area contributed by atoms with Gasteiger partial charge < -0.3 is 0 Å². The summed E-state index contributed by atoms with van der Waals surface area (Å²) < 4.78 is 6.86. The van der Waals surface area contributed by atoms with E-state index in [1.54, 1.807) is 43.5 Å². The first kappa shape index (κ1) is 48.5. The van der Waals surface area contributed by atoms with Gasteiger partial charge in [-0.2, -0.15) is 20.4 Å². The molecule has 1 radical (unpaired) electrons. The van der Waals surface area contributed by atoms with Crippen molar-refractivity contribution in [2.24, 2.45) is 0 Å². The zero-order valence-electron chi connectivity index (χ0n) is 29.2. The van der Waals surface area contributed by atoms with Gasteiger partial charge in [-0.25, -0.2) is 28.7 Å². The Morgan fingerprint density at radius 1 is 0.348 bits per heavy atom. The number of rotatable bonds is 4. The average Bonchev–Trinajstić information content (AvgIpc) is 3.99. The second kappa shape index (κ2) is 33.5. The number of nitrogens with zero attached hydrogens (tertiary/aromatic N) is 10. The molecule has 46 heavy (non-hydrogen) atoms. The molecular weight excluding hydrogens is 619 g/mol. The van der Waals surface area contributed by atoms with Crippen LogP contribution in [0.15, 0.2) is 110 Å². The second-order valence-electron chi connectivity index (χ2n) is 6.51. The van der Waals surface area contributed by atoms with Crippen LogP contribution in [0.1, 0.15) is 90.5 Å². The van der Waals surface area contributed by atoms with E-state index >= 15 is 0 Å². The maximum Gasteiger partial charge on any atom is 0.155 e. The fourth-order valence-corrected chi connectivity index (χ4v) is 2.95. The van der Waals surface area contributed by atoms with E-state index in [2.05, 4.69) is 30.4 Å². The molecule has 6 rings (SSSR count). The summed E-state index contributed by atoms with van der Waals surface area (Å²) in [5.74, 6) is 3.10. The minimum Gasteiger partial charge on any atom is -0.223 e. The Hall–Kier alpha value is -4.35. The third-order valence-electron chi connectivity index (χ3n) is 4.40. The molecule has 10 nitrogen and oxygen atoms in total. The first-order valence-electron chi connectivity index (χ1n) is 15.8. The molecule has 0 aliphatic rings. The first-order valence-corrected chi connectivity index (χ1v) is 15.8. The molecule has 0 bridgehead atoms. The van der Waals surface area contributed by atoms with Gasteiger partial charge in [-0.15, -0.1) is 0 Å². The number of hydrogen-bond acceptors (Lipinski definition) is 6. The van der Waals surface area contributed by atoms with Gasteiger partial charge in [-0.05, 0) is 48.5 Å². The maximum absolute atomic E-state index is 4.46. The smallest absolute Gasteiger partial charge is 0.155 e. The first-order chi connectivity index (χ1) is 21.9. The summed E-state index contributed by atoms with van der Waals surface area (Å²) >= 11 is 0. The molecule has 0 aliphatic carbocycles. The van der Waals surface area contributed by atoms with Crippen LogP contribution in [0.3, 0.4) is 0 Å². The zero-order chi connectivity index (χ0) is 33.6. The average molecular weight is 678 g/mol. The molecule has 0 amide bonds. The van der Waals surface area contributed by atoms with Crippen molar-refractivity contribution in [1.29, 1.82) is 0 Å². The van der Waals surface area contributed by atoms with Crippen molar-refractivity contribution in [2.75, 3.05) is 0 Å². The van der Waals surface area contributed by atoms with Crippen LogP contribution in [-0.2, 0) is 16.8 Å². The van der Waals surface area contributed by atoms with Crippen LogP contribution in [0, 0.1) is 0 Å². The van der Waals surface area contributed by atoms with Crippen molar-refractivity contribution in [1.82, 2.24) is 49.1 Å². The Kier molecular flexibility index (Phi) is 35.4. The summed E-state index contributed by atoms with van der Waals surface area (Å²) in [6, 6.07) is 18.9. The van der Waals surface area contributed by atoms with Crippen LogP contribution in [0.4, 0.5) is 0 Å². The quantitative estimate of drug-likeness (QED) is 0.184. The van der Waals surface area contributed by atoms with Crippen LogP contribution in [0.5, 0.6) is 0 Å². The monoisotopic (exact) mass is 677 g/mol. The minimum absolute atomic E-state index is 0. The summed E-state index contributed by atoms with van der Waals surface area (Å²) in [5.41, 5.74) is 0. The third kappa shape index (κ3) is 16.6. The van der Waals surface area contributed by atoms with Crippen molar-refractivity contribution in [3.05, 3.63) is 110 Å². The van der Waals surface area contributed by atoms with Crippen molar-refractivity contribution in [3.8, 4) is 23.3 Å². The van der Waals surface area contributed by atoms with E-state index in [0.29, 0.717) is 0 Å². The Labute approximate surface area is 289 Å². The molecule has 0 saturated carbocycles. The number of pyridine rings is 2. The SMILES string of the molecule is C.CC.CC.CC.CC.CC.CC.[Co].c1cc(-n2cccn2)nc(-n2cccn2)c1.c1cc(-n2cccn2)nc(-n2cccn2)c1. The molecule has 0 unspecified atom stereocenters. The minimum atomic E-state index is 0. The zero-order valence-corrected chi connectivity index (χ0v) is 30.2. The van der Waals surface area contributed by atoms with Crippen molar-refractivity contribution >= 4 is 0 Å². The molecular formula is C35H58CoN10. The Morgan fingerprint density at radius 3 is 0.696 bits per heavy atom. The molecule has 6 aromatic heterocycles. The molecule has 0 spiro atoms. The van der Waals surface area contributed by atoms with Gasteiger partial charge >= 0.3 is 0 Å². The molecule has 0 aliphatic heterocycles. The molecule has 257 valence electrons. The Balaban J connectivity index is -0.000000281. The van der Waals surface area contributed by atoms with Gasteiger partial charge in [-0.1, -0.05) is 103 Å². The summed E-state index contributed by atoms with van der Waals surface area (Å²) in [4.78, 5) is 8.92. The van der Waals surface area contributed by atoms with Crippen LogP contribution in [0.2, 0.25) is 0 Å². The second-order valence-corrected chi connectivity index (χ2v) is 6.51. The van der Waals surface area contributed by atoms with Crippen molar-refractivity contribution in [2.45, 2.75) is 90.5 Å². The third-order valence-corrected chi connectivity index (χ3v) is 4.40. The van der Waals surface area contributed by atoms with Crippen LogP contribution < -0.4 is 0 Å². The predicted molar refractivity (Wildman–Crippen MR) is 192 cm³/mol. The number of aromatic nitrogens is 10. The molecule has 0 aromatic carbocycles. The predicted octanol–water partition coefficient (Wildman–Crippen LogP) is 9.70. The molecule has 0 atom stereocenters. The summed E-state index contributed by atoms with van der Waals surface area (Å²) in [6.07, 6.45) is 14.3. The van der Waals surface area contributed by atoms with Gasteiger partial charge in [0.2, 0.25) is 0 Å². The summed E-state index contributed by atoms with van der Waals surface area (Å²) in [6.45, 7) is 24.0. The van der Waals surface area contributed by atoms with Gasteiger partial charge in [0.15, 0.2) is 23.3 Å². The normalized spacial score (nSPS) is 8.09. The van der Waals surface area contributed by atoms with E-state index in [9.17, 15) is 0 Å². The molecule has 0 fully saturated rings. The van der Waals surface area contributed by atoms with Crippen LogP contribution in [-0.4, -0.2) is 49.1 Å². The summed E-state index contributed by atoms with van der Waals surface area (Å²) in [5, 5.41) is 16.5. The topological polar surface area (TPSA) is 97.1 Å². The van der Waals surface area contributed by atoms with Crippen LogP contribution in [0.25, 0.3) is 23.3 Å². The fraction of sp³-hybridized carbons (Fsp3) is 0.371. The molecule has 0 saturated heterocycles. The van der Waals surface area contributed by atoms with Gasteiger partial charge in [0.25, 0.3) is 0 Å². The van der Waals surface area contributed by atoms with E-state index in [0.717, 1.165) is 23.3 Å². The van der Waals surface area contributed by atoms with Gasteiger partial charge in [0.05, 0.1) is 0 Å². The Morgan fingerprint density at radius 2 is 0.543 bits per heavy atom. The molecule has 6 heterocycles. The Bertz CT molecular complexity index is 1160. The van der Waals surface area contributed by atoms with E-state index in [1.165, 1.54) is 0 Å². The molecule has 11 heteroatoms. The maximum atomic E-state index is 4.46.